The number of carbonyl (C=O) groups is 1. The summed E-state index contributed by atoms with van der Waals surface area (Å²) < 4.78 is 24.9. The number of hydrogen-bond donors (Lipinski definition) is 0. The molecule has 11 heteroatoms. The molecule has 0 radical (unpaired) electrons. The third kappa shape index (κ3) is 4.86. The quantitative estimate of drug-likeness (QED) is 0.573. The molecule has 1 saturated heterocycles. The van der Waals surface area contributed by atoms with Crippen molar-refractivity contribution < 1.29 is 23.7 Å². The van der Waals surface area contributed by atoms with Gasteiger partial charge < -0.3 is 23.8 Å². The van der Waals surface area contributed by atoms with Crippen LogP contribution in [0.15, 0.2) is 16.6 Å². The van der Waals surface area contributed by atoms with Crippen LogP contribution in [-0.2, 0) is 4.74 Å². The molecule has 2 aliphatic heterocycles. The SMILES string of the molecule is BC1(B)Oc2ccc(OC3CCN(C(=O)OC(C)(C)C)CC3)c(Br)c2OC1(B)B. The van der Waals surface area contributed by atoms with Crippen molar-refractivity contribution in [3.8, 4) is 17.2 Å². The van der Waals surface area contributed by atoms with Crippen molar-refractivity contribution in [2.24, 2.45) is 0 Å². The lowest BCUT2D eigenvalue weighted by Crippen LogP contribution is -2.65. The van der Waals surface area contributed by atoms with E-state index in [1.165, 1.54) is 0 Å². The zero-order chi connectivity index (χ0) is 21.6. The van der Waals surface area contributed by atoms with Gasteiger partial charge in [0.25, 0.3) is 0 Å². The molecule has 1 fully saturated rings. The molecule has 2 heterocycles. The van der Waals surface area contributed by atoms with Gasteiger partial charge in [0.15, 0.2) is 11.5 Å². The van der Waals surface area contributed by atoms with Crippen molar-refractivity contribution in [2.75, 3.05) is 13.1 Å². The number of halogens is 1. The second-order valence-electron chi connectivity index (χ2n) is 9.71. The predicted octanol–water partition coefficient (Wildman–Crippen LogP) is -0.161. The van der Waals surface area contributed by atoms with Crippen LogP contribution in [-0.4, -0.2) is 78.0 Å². The summed E-state index contributed by atoms with van der Waals surface area (Å²) in [5.41, 5.74) is -0.483. The first-order chi connectivity index (χ1) is 13.3. The Morgan fingerprint density at radius 2 is 1.72 bits per heavy atom. The molecule has 0 saturated carbocycles. The molecule has 0 unspecified atom stereocenters. The van der Waals surface area contributed by atoms with E-state index in [4.69, 9.17) is 18.9 Å². The summed E-state index contributed by atoms with van der Waals surface area (Å²) in [7, 11) is 8.07. The average molecular weight is 462 g/mol. The number of amides is 1. The van der Waals surface area contributed by atoms with Crippen molar-refractivity contribution in [1.82, 2.24) is 4.90 Å². The van der Waals surface area contributed by atoms with Crippen LogP contribution in [0.4, 0.5) is 4.79 Å². The van der Waals surface area contributed by atoms with E-state index in [0.717, 1.165) is 23.1 Å². The summed E-state index contributed by atoms with van der Waals surface area (Å²) >= 11 is 3.64. The Kier molecular flexibility index (Phi) is 5.93. The van der Waals surface area contributed by atoms with E-state index >= 15 is 0 Å². The van der Waals surface area contributed by atoms with Crippen LogP contribution in [0.1, 0.15) is 33.6 Å². The molecule has 1 aromatic rings. The van der Waals surface area contributed by atoms with Crippen molar-refractivity contribution in [1.29, 1.82) is 0 Å². The second kappa shape index (κ2) is 7.71. The number of nitrogens with zero attached hydrogens (tertiary/aromatic N) is 1. The molecule has 0 N–H and O–H groups in total. The fraction of sp³-hybridized carbons (Fsp3) is 0.611. The van der Waals surface area contributed by atoms with Crippen molar-refractivity contribution in [2.45, 2.75) is 56.1 Å². The number of likely N-dealkylation sites (tertiary alicyclic amines) is 1. The van der Waals surface area contributed by atoms with E-state index in [0.29, 0.717) is 24.6 Å². The number of piperidine rings is 1. The third-order valence-corrected chi connectivity index (χ3v) is 6.34. The minimum absolute atomic E-state index is 0.0250. The number of rotatable bonds is 2. The van der Waals surface area contributed by atoms with Crippen LogP contribution in [0.5, 0.6) is 17.2 Å². The largest absolute Gasteiger partial charge is 0.499 e. The number of carbonyl (C=O) groups excluding carboxylic acids is 1. The first-order valence-electron chi connectivity index (χ1n) is 10.1. The van der Waals surface area contributed by atoms with Crippen LogP contribution in [0.2, 0.25) is 0 Å². The predicted molar refractivity (Wildman–Crippen MR) is 126 cm³/mol. The Morgan fingerprint density at radius 1 is 1.14 bits per heavy atom. The fourth-order valence-corrected chi connectivity index (χ4v) is 3.73. The van der Waals surface area contributed by atoms with Gasteiger partial charge in [-0.1, -0.05) is 0 Å². The molecule has 0 aliphatic carbocycles. The van der Waals surface area contributed by atoms with Gasteiger partial charge >= 0.3 is 6.09 Å². The molecule has 2 aliphatic rings. The van der Waals surface area contributed by atoms with Crippen molar-refractivity contribution in [3.05, 3.63) is 16.6 Å². The highest BCUT2D eigenvalue weighted by Gasteiger charge is 2.45. The Balaban J connectivity index is 1.65. The third-order valence-electron chi connectivity index (χ3n) is 5.59. The monoisotopic (exact) mass is 461 g/mol. The average Bonchev–Trinajstić information content (AvgIpc) is 2.58. The topological polar surface area (TPSA) is 57.2 Å². The molecule has 1 amide bonds. The Labute approximate surface area is 185 Å². The molecule has 0 aromatic heterocycles. The van der Waals surface area contributed by atoms with Crippen LogP contribution >= 0.6 is 15.9 Å². The lowest BCUT2D eigenvalue weighted by Gasteiger charge is -2.47. The number of hydrogen-bond acceptors (Lipinski definition) is 5. The first kappa shape index (κ1) is 22.3. The molecule has 3 rings (SSSR count). The zero-order valence-corrected chi connectivity index (χ0v) is 20.0. The van der Waals surface area contributed by atoms with Gasteiger partial charge in [-0.2, -0.15) is 0 Å². The lowest BCUT2D eigenvalue weighted by molar-refractivity contribution is 0.0124. The van der Waals surface area contributed by atoms with Gasteiger partial charge in [-0.3, -0.25) is 0 Å². The maximum absolute atomic E-state index is 12.2. The molecule has 29 heavy (non-hydrogen) atoms. The molecule has 6 nitrogen and oxygen atoms in total. The van der Waals surface area contributed by atoms with E-state index in [2.05, 4.69) is 15.9 Å². The minimum atomic E-state index is -0.486. The van der Waals surface area contributed by atoms with Crippen LogP contribution in [0.25, 0.3) is 0 Å². The van der Waals surface area contributed by atoms with Crippen LogP contribution in [0, 0.1) is 0 Å². The van der Waals surface area contributed by atoms with Gasteiger partial charge in [-0.05, 0) is 48.8 Å². The molecule has 154 valence electrons. The molecule has 1 aromatic carbocycles. The van der Waals surface area contributed by atoms with Gasteiger partial charge in [0.05, 0.1) is 10.8 Å². The molecular weight excluding hydrogens is 433 g/mol. The molecular formula is C18H28B4BrNO5. The first-order valence-corrected chi connectivity index (χ1v) is 10.9. The summed E-state index contributed by atoms with van der Waals surface area (Å²) in [6.07, 6.45) is 1.26. The summed E-state index contributed by atoms with van der Waals surface area (Å²) in [6, 6.07) is 3.79. The lowest BCUT2D eigenvalue weighted by atomic mass is 9.41. The van der Waals surface area contributed by atoms with Crippen LogP contribution in [0.3, 0.4) is 0 Å². The number of fused-ring (bicyclic) bond motifs is 1. The highest BCUT2D eigenvalue weighted by atomic mass is 79.9. The normalized spacial score (nSPS) is 20.8. The van der Waals surface area contributed by atoms with E-state index < -0.39 is 16.4 Å². The number of benzene rings is 1. The highest BCUT2D eigenvalue weighted by molar-refractivity contribution is 9.10. The van der Waals surface area contributed by atoms with Gasteiger partial charge in [-0.25, -0.2) is 4.79 Å². The van der Waals surface area contributed by atoms with Crippen LogP contribution < -0.4 is 14.2 Å². The van der Waals surface area contributed by atoms with Crippen molar-refractivity contribution >= 4 is 53.4 Å². The second-order valence-corrected chi connectivity index (χ2v) is 10.5. The van der Waals surface area contributed by atoms with Gasteiger partial charge in [0.2, 0.25) is 0 Å². The standard InChI is InChI=1S/C18H28B4BrNO5/c1-16(2,3)29-15(25)24-8-6-10(7-9-24)26-11-4-5-12-14(13(11)23)28-18(21,22)17(19,20)27-12/h4-5,10H,6-9,19-22H2,1-3H3. The Hall–Kier alpha value is -1.37. The summed E-state index contributed by atoms with van der Waals surface area (Å²) in [5.74, 6) is 2.09. The molecule has 0 spiro atoms. The highest BCUT2D eigenvalue weighted by Crippen LogP contribution is 2.48. The van der Waals surface area contributed by atoms with Gasteiger partial charge in [0, 0.05) is 25.9 Å². The Morgan fingerprint density at radius 3 is 2.31 bits per heavy atom. The maximum atomic E-state index is 12.2. The van der Waals surface area contributed by atoms with Crippen molar-refractivity contribution in [3.63, 3.8) is 0 Å². The summed E-state index contributed by atoms with van der Waals surface area (Å²) in [5, 5.41) is -0.934. The van der Waals surface area contributed by atoms with Gasteiger partial charge in [-0.15, -0.1) is 0 Å². The zero-order valence-electron chi connectivity index (χ0n) is 18.4. The maximum Gasteiger partial charge on any atom is 0.410 e. The molecule has 0 atom stereocenters. The minimum Gasteiger partial charge on any atom is -0.499 e. The van der Waals surface area contributed by atoms with E-state index in [1.807, 2.05) is 64.3 Å². The molecule has 0 bridgehead atoms. The van der Waals surface area contributed by atoms with E-state index in [-0.39, 0.29) is 12.2 Å². The summed E-state index contributed by atoms with van der Waals surface area (Å²) in [4.78, 5) is 14.0. The van der Waals surface area contributed by atoms with E-state index in [9.17, 15) is 4.79 Å². The Bertz CT molecular complexity index is 791. The number of ether oxygens (including phenoxy) is 4. The van der Waals surface area contributed by atoms with Gasteiger partial charge in [0.1, 0.15) is 53.3 Å². The smallest absolute Gasteiger partial charge is 0.410 e. The van der Waals surface area contributed by atoms with E-state index in [1.54, 1.807) is 4.90 Å². The fourth-order valence-electron chi connectivity index (χ4n) is 3.22. The summed E-state index contributed by atoms with van der Waals surface area (Å²) in [6.45, 7) is 6.86.